The molecule has 6 heteroatoms. The highest BCUT2D eigenvalue weighted by atomic mass is 19.1. The highest BCUT2D eigenvalue weighted by molar-refractivity contribution is 5.97. The molecule has 0 amide bonds. The molecule has 1 aliphatic rings. The number of rotatable bonds is 9. The molecule has 2 aromatic carbocycles. The van der Waals surface area contributed by atoms with Gasteiger partial charge in [0, 0.05) is 35.9 Å². The van der Waals surface area contributed by atoms with Crippen LogP contribution in [0.4, 0.5) is 4.39 Å². The average molecular weight is 450 g/mol. The third-order valence-corrected chi connectivity index (χ3v) is 6.32. The van der Waals surface area contributed by atoms with Crippen LogP contribution >= 0.6 is 0 Å². The number of nitrogens with zero attached hydrogens (tertiary/aromatic N) is 1. The Bertz CT molecular complexity index is 1100. The van der Waals surface area contributed by atoms with Crippen molar-refractivity contribution in [2.75, 3.05) is 0 Å². The number of benzene rings is 2. The van der Waals surface area contributed by atoms with Crippen LogP contribution in [0.25, 0.3) is 0 Å². The summed E-state index contributed by atoms with van der Waals surface area (Å²) in [7, 11) is 0. The maximum absolute atomic E-state index is 13.7. The van der Waals surface area contributed by atoms with Crippen molar-refractivity contribution in [3.8, 4) is 5.75 Å². The highest BCUT2D eigenvalue weighted by Gasteiger charge is 2.25. The van der Waals surface area contributed by atoms with Gasteiger partial charge in [-0.2, -0.15) is 0 Å². The van der Waals surface area contributed by atoms with Crippen LogP contribution in [0.1, 0.15) is 59.6 Å². The van der Waals surface area contributed by atoms with Gasteiger partial charge in [-0.05, 0) is 42.7 Å². The fourth-order valence-electron chi connectivity index (χ4n) is 4.39. The first kappa shape index (κ1) is 22.8. The van der Waals surface area contributed by atoms with E-state index in [9.17, 15) is 19.1 Å². The van der Waals surface area contributed by atoms with Gasteiger partial charge in [0.15, 0.2) is 5.78 Å². The van der Waals surface area contributed by atoms with Gasteiger partial charge in [-0.15, -0.1) is 0 Å². The second kappa shape index (κ2) is 10.5. The number of carbonyl (C=O) groups excluding carboxylic acids is 1. The SMILES string of the molecule is O=C(c1ccn(C(Cc2ccc(OCc3ccccc3F)cc2)C(=O)O)c1)C1CCCCC1. The predicted molar refractivity (Wildman–Crippen MR) is 123 cm³/mol. The third-order valence-electron chi connectivity index (χ3n) is 6.32. The van der Waals surface area contributed by atoms with Gasteiger partial charge in [-0.1, -0.05) is 49.6 Å². The second-order valence-corrected chi connectivity index (χ2v) is 8.63. The molecule has 1 unspecified atom stereocenters. The summed E-state index contributed by atoms with van der Waals surface area (Å²) in [6.07, 6.45) is 8.79. The minimum Gasteiger partial charge on any atom is -0.489 e. The topological polar surface area (TPSA) is 68.5 Å². The standard InChI is InChI=1S/C27H28FNO4/c28-24-9-5-4-8-22(24)18-33-23-12-10-19(11-13-23)16-25(27(31)32)29-15-14-21(17-29)26(30)20-6-2-1-3-7-20/h4-5,8-15,17,20,25H,1-3,6-7,16,18H2,(H,31,32). The lowest BCUT2D eigenvalue weighted by Crippen LogP contribution is -2.21. The summed E-state index contributed by atoms with van der Waals surface area (Å²) in [5.74, 6) is -0.521. The van der Waals surface area contributed by atoms with Crippen LogP contribution in [0.5, 0.6) is 5.75 Å². The van der Waals surface area contributed by atoms with E-state index in [4.69, 9.17) is 4.74 Å². The van der Waals surface area contributed by atoms with Gasteiger partial charge >= 0.3 is 5.97 Å². The Morgan fingerprint density at radius 2 is 1.76 bits per heavy atom. The summed E-state index contributed by atoms with van der Waals surface area (Å²) < 4.78 is 21.0. The van der Waals surface area contributed by atoms with E-state index in [-0.39, 0.29) is 30.5 Å². The van der Waals surface area contributed by atoms with Crippen molar-refractivity contribution in [2.45, 2.75) is 51.2 Å². The molecule has 1 aliphatic carbocycles. The molecule has 1 atom stereocenters. The third kappa shape index (κ3) is 5.69. The van der Waals surface area contributed by atoms with Gasteiger partial charge in [0.05, 0.1) is 0 Å². The molecular weight excluding hydrogens is 421 g/mol. The molecule has 1 N–H and O–H groups in total. The molecular formula is C27H28FNO4. The molecule has 1 saturated carbocycles. The molecule has 4 rings (SSSR count). The fourth-order valence-corrected chi connectivity index (χ4v) is 4.39. The van der Waals surface area contributed by atoms with Crippen molar-refractivity contribution in [3.05, 3.63) is 89.5 Å². The Balaban J connectivity index is 1.40. The minimum atomic E-state index is -0.956. The number of ether oxygens (including phenoxy) is 1. The van der Waals surface area contributed by atoms with Crippen LogP contribution in [0.2, 0.25) is 0 Å². The molecule has 0 aliphatic heterocycles. The fraction of sp³-hybridized carbons (Fsp3) is 0.333. The number of ketones is 1. The lowest BCUT2D eigenvalue weighted by atomic mass is 9.84. The lowest BCUT2D eigenvalue weighted by Gasteiger charge is -2.19. The van der Waals surface area contributed by atoms with E-state index in [0.717, 1.165) is 31.2 Å². The number of carboxylic acids is 1. The Morgan fingerprint density at radius 3 is 2.45 bits per heavy atom. The summed E-state index contributed by atoms with van der Waals surface area (Å²) in [5.41, 5.74) is 1.89. The Kier molecular flexibility index (Phi) is 7.23. The Labute approximate surface area is 192 Å². The molecule has 0 bridgehead atoms. The van der Waals surface area contributed by atoms with E-state index >= 15 is 0 Å². The van der Waals surface area contributed by atoms with Crippen LogP contribution in [-0.2, 0) is 17.8 Å². The first-order valence-electron chi connectivity index (χ1n) is 11.4. The number of carboxylic acid groups (broad SMARTS) is 1. The van der Waals surface area contributed by atoms with Crippen molar-refractivity contribution in [1.29, 1.82) is 0 Å². The van der Waals surface area contributed by atoms with Gasteiger partial charge in [-0.3, -0.25) is 4.79 Å². The molecule has 0 spiro atoms. The summed E-state index contributed by atoms with van der Waals surface area (Å²) in [6, 6.07) is 14.5. The zero-order valence-corrected chi connectivity index (χ0v) is 18.5. The second-order valence-electron chi connectivity index (χ2n) is 8.63. The van der Waals surface area contributed by atoms with Gasteiger partial charge in [0.25, 0.3) is 0 Å². The van der Waals surface area contributed by atoms with E-state index in [2.05, 4.69) is 0 Å². The lowest BCUT2D eigenvalue weighted by molar-refractivity contribution is -0.140. The van der Waals surface area contributed by atoms with E-state index in [1.165, 1.54) is 12.5 Å². The summed E-state index contributed by atoms with van der Waals surface area (Å²) in [4.78, 5) is 24.8. The quantitative estimate of drug-likeness (QED) is 0.417. The highest BCUT2D eigenvalue weighted by Crippen LogP contribution is 2.28. The number of aliphatic carboxylic acids is 1. The van der Waals surface area contributed by atoms with Gasteiger partial charge in [0.2, 0.25) is 0 Å². The number of Topliss-reactive ketones (excluding diaryl/α,β-unsaturated/α-hetero) is 1. The maximum atomic E-state index is 13.7. The Hall–Kier alpha value is -3.41. The largest absolute Gasteiger partial charge is 0.489 e. The predicted octanol–water partition coefficient (Wildman–Crippen LogP) is 5.84. The van der Waals surface area contributed by atoms with E-state index < -0.39 is 12.0 Å². The van der Waals surface area contributed by atoms with Crippen LogP contribution in [-0.4, -0.2) is 21.4 Å². The molecule has 33 heavy (non-hydrogen) atoms. The molecule has 1 fully saturated rings. The summed E-state index contributed by atoms with van der Waals surface area (Å²) in [6.45, 7) is 0.116. The van der Waals surface area contributed by atoms with Gasteiger partial charge in [0.1, 0.15) is 24.2 Å². The summed E-state index contributed by atoms with van der Waals surface area (Å²) in [5, 5.41) is 9.81. The van der Waals surface area contributed by atoms with Crippen LogP contribution in [0, 0.1) is 11.7 Å². The number of carbonyl (C=O) groups is 2. The first-order valence-corrected chi connectivity index (χ1v) is 11.4. The molecule has 1 heterocycles. The van der Waals surface area contributed by atoms with E-state index in [1.54, 1.807) is 53.4 Å². The summed E-state index contributed by atoms with van der Waals surface area (Å²) >= 11 is 0. The zero-order chi connectivity index (χ0) is 23.2. The molecule has 5 nitrogen and oxygen atoms in total. The zero-order valence-electron chi connectivity index (χ0n) is 18.5. The van der Waals surface area contributed by atoms with Gasteiger partial charge in [-0.25, -0.2) is 9.18 Å². The monoisotopic (exact) mass is 449 g/mol. The van der Waals surface area contributed by atoms with Crippen LogP contribution in [0.15, 0.2) is 67.0 Å². The van der Waals surface area contributed by atoms with Crippen molar-refractivity contribution >= 4 is 11.8 Å². The normalized spacial score (nSPS) is 15.2. The van der Waals surface area contributed by atoms with Crippen molar-refractivity contribution in [3.63, 3.8) is 0 Å². The van der Waals surface area contributed by atoms with E-state index in [1.807, 2.05) is 12.1 Å². The van der Waals surface area contributed by atoms with Crippen molar-refractivity contribution < 1.29 is 23.8 Å². The number of hydrogen-bond acceptors (Lipinski definition) is 3. The van der Waals surface area contributed by atoms with Crippen molar-refractivity contribution in [1.82, 2.24) is 4.57 Å². The van der Waals surface area contributed by atoms with Crippen molar-refractivity contribution in [2.24, 2.45) is 5.92 Å². The molecule has 3 aromatic rings. The minimum absolute atomic E-state index is 0.0507. The molecule has 172 valence electrons. The maximum Gasteiger partial charge on any atom is 0.327 e. The van der Waals surface area contributed by atoms with Gasteiger partial charge < -0.3 is 14.4 Å². The number of hydrogen-bond donors (Lipinski definition) is 1. The molecule has 0 saturated heterocycles. The first-order chi connectivity index (χ1) is 16.0. The van der Waals surface area contributed by atoms with E-state index in [0.29, 0.717) is 16.9 Å². The molecule has 1 aromatic heterocycles. The number of aromatic nitrogens is 1. The van der Waals surface area contributed by atoms with Crippen LogP contribution in [0.3, 0.4) is 0 Å². The smallest absolute Gasteiger partial charge is 0.327 e. The average Bonchev–Trinajstić information content (AvgIpc) is 3.32. The Morgan fingerprint density at radius 1 is 1.03 bits per heavy atom. The molecule has 0 radical (unpaired) electrons. The van der Waals surface area contributed by atoms with Crippen LogP contribution < -0.4 is 4.74 Å². The number of halogens is 1.